The van der Waals surface area contributed by atoms with Crippen molar-refractivity contribution in [3.63, 3.8) is 0 Å². The minimum Gasteiger partial charge on any atom is -0.272 e. The van der Waals surface area contributed by atoms with Gasteiger partial charge in [-0.05, 0) is 31.4 Å². The lowest BCUT2D eigenvalue weighted by atomic mass is 10.1. The van der Waals surface area contributed by atoms with Gasteiger partial charge in [0.1, 0.15) is 4.90 Å². The third-order valence-corrected chi connectivity index (χ3v) is 5.74. The Labute approximate surface area is 134 Å². The Bertz CT molecular complexity index is 788. The molecule has 0 saturated carbocycles. The average Bonchev–Trinajstić information content (AvgIpc) is 2.97. The number of hydrogen-bond acceptors (Lipinski definition) is 5. The number of nitrogens with zero attached hydrogens (tertiary/aromatic N) is 2. The van der Waals surface area contributed by atoms with Gasteiger partial charge in [-0.2, -0.15) is 5.10 Å². The summed E-state index contributed by atoms with van der Waals surface area (Å²) >= 11 is 1.32. The quantitative estimate of drug-likeness (QED) is 0.903. The van der Waals surface area contributed by atoms with Gasteiger partial charge < -0.3 is 0 Å². The Morgan fingerprint density at radius 3 is 2.64 bits per heavy atom. The molecular formula is C14H19N3O3S2. The van der Waals surface area contributed by atoms with Crippen LogP contribution in [0.5, 0.6) is 0 Å². The largest absolute Gasteiger partial charge is 0.275 e. The first-order valence-electron chi connectivity index (χ1n) is 6.85. The van der Waals surface area contributed by atoms with E-state index in [0.717, 1.165) is 11.3 Å². The number of aromatic nitrogens is 2. The molecule has 6 nitrogen and oxygen atoms in total. The summed E-state index contributed by atoms with van der Waals surface area (Å²) in [6.07, 6.45) is 2.11. The number of carbonyl (C=O) groups is 1. The fraction of sp³-hybridized carbons (Fsp3) is 0.429. The van der Waals surface area contributed by atoms with E-state index in [1.807, 2.05) is 6.07 Å². The number of thiophene rings is 1. The summed E-state index contributed by atoms with van der Waals surface area (Å²) < 4.78 is 28.1. The van der Waals surface area contributed by atoms with Gasteiger partial charge in [-0.15, -0.1) is 11.3 Å². The van der Waals surface area contributed by atoms with Gasteiger partial charge in [0, 0.05) is 11.9 Å². The van der Waals surface area contributed by atoms with Crippen LogP contribution in [-0.2, 0) is 23.5 Å². The van der Waals surface area contributed by atoms with E-state index in [1.165, 1.54) is 22.2 Å². The van der Waals surface area contributed by atoms with Crippen LogP contribution < -0.4 is 4.72 Å². The van der Waals surface area contributed by atoms with Gasteiger partial charge in [0.25, 0.3) is 15.9 Å². The minimum absolute atomic E-state index is 0.0160. The van der Waals surface area contributed by atoms with E-state index in [0.29, 0.717) is 16.5 Å². The Morgan fingerprint density at radius 2 is 2.09 bits per heavy atom. The highest BCUT2D eigenvalue weighted by molar-refractivity contribution is 7.90. The second kappa shape index (κ2) is 6.21. The van der Waals surface area contributed by atoms with Gasteiger partial charge in [-0.3, -0.25) is 9.48 Å². The molecule has 1 N–H and O–H groups in total. The van der Waals surface area contributed by atoms with E-state index >= 15 is 0 Å². The number of sulfonamides is 1. The third-order valence-electron chi connectivity index (χ3n) is 3.20. The normalized spacial score (nSPS) is 11.9. The molecule has 120 valence electrons. The standard InChI is InChI=1S/C14H19N3O3S2/c1-9(2)7-11-5-6-12(21-11)14(18)16-22(19,20)13-8-15-17(4)10(13)3/h5-6,8-9H,7H2,1-4H3,(H,16,18). The molecule has 0 fully saturated rings. The smallest absolute Gasteiger partial charge is 0.272 e. The molecule has 0 aliphatic carbocycles. The molecule has 2 heterocycles. The van der Waals surface area contributed by atoms with E-state index in [2.05, 4.69) is 23.7 Å². The highest BCUT2D eigenvalue weighted by atomic mass is 32.2. The summed E-state index contributed by atoms with van der Waals surface area (Å²) in [5, 5.41) is 3.89. The molecule has 0 bridgehead atoms. The number of aryl methyl sites for hydroxylation is 1. The van der Waals surface area contributed by atoms with Crippen LogP contribution in [0.4, 0.5) is 0 Å². The maximum atomic E-state index is 12.3. The summed E-state index contributed by atoms with van der Waals surface area (Å²) in [5.74, 6) is -0.125. The van der Waals surface area contributed by atoms with E-state index < -0.39 is 15.9 Å². The first kappa shape index (κ1) is 16.7. The van der Waals surface area contributed by atoms with Crippen molar-refractivity contribution in [2.75, 3.05) is 0 Å². The van der Waals surface area contributed by atoms with Crippen LogP contribution in [0.2, 0.25) is 0 Å². The molecule has 0 radical (unpaired) electrons. The third kappa shape index (κ3) is 3.56. The lowest BCUT2D eigenvalue weighted by molar-refractivity contribution is 0.0985. The summed E-state index contributed by atoms with van der Waals surface area (Å²) in [6.45, 7) is 5.82. The summed E-state index contributed by atoms with van der Waals surface area (Å²) in [6, 6.07) is 3.52. The SMILES string of the molecule is Cc1c(S(=O)(=O)NC(=O)c2ccc(CC(C)C)s2)cnn1C. The highest BCUT2D eigenvalue weighted by Crippen LogP contribution is 2.21. The number of carbonyl (C=O) groups excluding carboxylic acids is 1. The maximum Gasteiger partial charge on any atom is 0.275 e. The predicted octanol–water partition coefficient (Wildman–Crippen LogP) is 2.11. The molecule has 2 aromatic heterocycles. The maximum absolute atomic E-state index is 12.3. The molecule has 2 rings (SSSR count). The van der Waals surface area contributed by atoms with Crippen LogP contribution in [0.3, 0.4) is 0 Å². The van der Waals surface area contributed by atoms with Crippen LogP contribution >= 0.6 is 11.3 Å². The van der Waals surface area contributed by atoms with E-state index in [-0.39, 0.29) is 4.90 Å². The minimum atomic E-state index is -3.91. The first-order valence-corrected chi connectivity index (χ1v) is 9.15. The van der Waals surface area contributed by atoms with Crippen LogP contribution in [0.15, 0.2) is 23.2 Å². The molecule has 0 aromatic carbocycles. The van der Waals surface area contributed by atoms with Crippen LogP contribution in [0, 0.1) is 12.8 Å². The van der Waals surface area contributed by atoms with Gasteiger partial charge in [-0.25, -0.2) is 13.1 Å². The number of nitrogens with one attached hydrogen (secondary N) is 1. The first-order chi connectivity index (χ1) is 10.2. The lowest BCUT2D eigenvalue weighted by Gasteiger charge is -2.05. The van der Waals surface area contributed by atoms with Crippen molar-refractivity contribution in [1.82, 2.24) is 14.5 Å². The number of rotatable bonds is 5. The molecule has 0 spiro atoms. The summed E-state index contributed by atoms with van der Waals surface area (Å²) in [4.78, 5) is 13.6. The van der Waals surface area contributed by atoms with Crippen molar-refractivity contribution in [3.05, 3.63) is 33.8 Å². The summed E-state index contributed by atoms with van der Waals surface area (Å²) in [5.41, 5.74) is 0.479. The van der Waals surface area contributed by atoms with Crippen molar-refractivity contribution in [2.24, 2.45) is 13.0 Å². The molecule has 0 saturated heterocycles. The van der Waals surface area contributed by atoms with E-state index in [1.54, 1.807) is 20.0 Å². The molecule has 0 unspecified atom stereocenters. The van der Waals surface area contributed by atoms with E-state index in [4.69, 9.17) is 0 Å². The van der Waals surface area contributed by atoms with Gasteiger partial charge in [0.2, 0.25) is 0 Å². The fourth-order valence-electron chi connectivity index (χ4n) is 1.98. The zero-order chi connectivity index (χ0) is 16.5. The Kier molecular flexibility index (Phi) is 4.72. The van der Waals surface area contributed by atoms with Gasteiger partial charge in [-0.1, -0.05) is 13.8 Å². The van der Waals surface area contributed by atoms with Gasteiger partial charge in [0.15, 0.2) is 0 Å². The van der Waals surface area contributed by atoms with Crippen LogP contribution in [-0.4, -0.2) is 24.1 Å². The Hall–Kier alpha value is -1.67. The zero-order valence-corrected chi connectivity index (χ0v) is 14.6. The van der Waals surface area contributed by atoms with Crippen molar-refractivity contribution >= 4 is 27.3 Å². The number of hydrogen-bond donors (Lipinski definition) is 1. The molecule has 0 atom stereocenters. The monoisotopic (exact) mass is 341 g/mol. The second-order valence-corrected chi connectivity index (χ2v) is 8.34. The average molecular weight is 341 g/mol. The van der Waals surface area contributed by atoms with Gasteiger partial charge in [0.05, 0.1) is 16.8 Å². The second-order valence-electron chi connectivity index (χ2n) is 5.52. The lowest BCUT2D eigenvalue weighted by Crippen LogP contribution is -2.30. The molecule has 0 aliphatic heterocycles. The van der Waals surface area contributed by atoms with Gasteiger partial charge >= 0.3 is 0 Å². The molecule has 1 amide bonds. The predicted molar refractivity (Wildman–Crippen MR) is 85.5 cm³/mol. The van der Waals surface area contributed by atoms with Crippen LogP contribution in [0.1, 0.15) is 34.1 Å². The van der Waals surface area contributed by atoms with Crippen molar-refractivity contribution < 1.29 is 13.2 Å². The van der Waals surface area contributed by atoms with Crippen molar-refractivity contribution in [1.29, 1.82) is 0 Å². The molecular weight excluding hydrogens is 322 g/mol. The van der Waals surface area contributed by atoms with Crippen molar-refractivity contribution in [3.8, 4) is 0 Å². The topological polar surface area (TPSA) is 81.1 Å². The molecule has 0 aliphatic rings. The highest BCUT2D eigenvalue weighted by Gasteiger charge is 2.23. The molecule has 2 aromatic rings. The summed E-state index contributed by atoms with van der Waals surface area (Å²) in [7, 11) is -2.26. The Morgan fingerprint density at radius 1 is 1.41 bits per heavy atom. The Balaban J connectivity index is 2.17. The number of amides is 1. The fourth-order valence-corrected chi connectivity index (χ4v) is 4.33. The van der Waals surface area contributed by atoms with Crippen molar-refractivity contribution in [2.45, 2.75) is 32.1 Å². The zero-order valence-electron chi connectivity index (χ0n) is 13.0. The van der Waals surface area contributed by atoms with E-state index in [9.17, 15) is 13.2 Å². The molecule has 8 heteroatoms. The molecule has 22 heavy (non-hydrogen) atoms. The van der Waals surface area contributed by atoms with Crippen LogP contribution in [0.25, 0.3) is 0 Å².